The van der Waals surface area contributed by atoms with Crippen molar-refractivity contribution in [3.8, 4) is 0 Å². The number of nitrogens with one attached hydrogen (secondary N) is 2. The molecular weight excluding hydrogens is 419 g/mol. The SMILES string of the molecule is CC(C)(C1CCN(C(=O)Nc2ccc(F)cc2)CC1)C(O)c1cc(Cl)cc2[nH]ncc12. The van der Waals surface area contributed by atoms with Crippen LogP contribution in [0.3, 0.4) is 0 Å². The Balaban J connectivity index is 1.42. The largest absolute Gasteiger partial charge is 0.388 e. The summed E-state index contributed by atoms with van der Waals surface area (Å²) < 4.78 is 13.1. The standard InChI is InChI=1S/C23H26ClFN4O2/c1-23(2,21(30)18-11-15(24)12-20-19(18)13-26-28-20)14-7-9-29(10-8-14)22(31)27-17-5-3-16(25)4-6-17/h3-6,11-14,21,30H,7-10H2,1-2H3,(H,26,28)(H,27,31). The lowest BCUT2D eigenvalue weighted by atomic mass is 9.68. The number of amides is 2. The van der Waals surface area contributed by atoms with E-state index in [1.807, 2.05) is 0 Å². The van der Waals surface area contributed by atoms with Gasteiger partial charge < -0.3 is 15.3 Å². The highest BCUT2D eigenvalue weighted by atomic mass is 35.5. The van der Waals surface area contributed by atoms with Gasteiger partial charge in [-0.3, -0.25) is 5.10 Å². The second-order valence-corrected chi connectivity index (χ2v) is 9.18. The molecule has 2 aromatic carbocycles. The van der Waals surface area contributed by atoms with E-state index in [-0.39, 0.29) is 17.8 Å². The van der Waals surface area contributed by atoms with Gasteiger partial charge in [0.1, 0.15) is 5.82 Å². The average Bonchev–Trinajstić information content (AvgIpc) is 3.22. The Morgan fingerprint density at radius 3 is 2.65 bits per heavy atom. The van der Waals surface area contributed by atoms with E-state index < -0.39 is 11.5 Å². The van der Waals surface area contributed by atoms with Crippen LogP contribution in [-0.2, 0) is 0 Å². The predicted octanol–water partition coefficient (Wildman–Crippen LogP) is 5.36. The van der Waals surface area contributed by atoms with Gasteiger partial charge in [-0.15, -0.1) is 0 Å². The molecule has 0 saturated carbocycles. The minimum atomic E-state index is -0.726. The van der Waals surface area contributed by atoms with Gasteiger partial charge in [-0.25, -0.2) is 9.18 Å². The van der Waals surface area contributed by atoms with E-state index in [0.717, 1.165) is 29.3 Å². The molecule has 6 nitrogen and oxygen atoms in total. The summed E-state index contributed by atoms with van der Waals surface area (Å²) in [6.07, 6.45) is 2.53. The van der Waals surface area contributed by atoms with Crippen LogP contribution < -0.4 is 5.32 Å². The van der Waals surface area contributed by atoms with E-state index >= 15 is 0 Å². The monoisotopic (exact) mass is 444 g/mol. The van der Waals surface area contributed by atoms with Crippen LogP contribution in [0.5, 0.6) is 0 Å². The Hall–Kier alpha value is -2.64. The van der Waals surface area contributed by atoms with Gasteiger partial charge in [0, 0.05) is 29.2 Å². The highest BCUT2D eigenvalue weighted by Crippen LogP contribution is 2.46. The zero-order valence-corrected chi connectivity index (χ0v) is 18.3. The van der Waals surface area contributed by atoms with Crippen molar-refractivity contribution >= 4 is 34.2 Å². The molecule has 31 heavy (non-hydrogen) atoms. The van der Waals surface area contributed by atoms with Crippen LogP contribution >= 0.6 is 11.6 Å². The second kappa shape index (κ2) is 8.48. The maximum atomic E-state index is 13.1. The Morgan fingerprint density at radius 1 is 1.29 bits per heavy atom. The summed E-state index contributed by atoms with van der Waals surface area (Å²) >= 11 is 6.26. The maximum absolute atomic E-state index is 13.1. The van der Waals surface area contributed by atoms with Gasteiger partial charge in [-0.05, 0) is 66.1 Å². The molecule has 2 heterocycles. The molecule has 1 fully saturated rings. The van der Waals surface area contributed by atoms with Crippen LogP contribution in [0.4, 0.5) is 14.9 Å². The number of hydrogen-bond acceptors (Lipinski definition) is 3. The smallest absolute Gasteiger partial charge is 0.321 e. The number of halogens is 2. The fourth-order valence-corrected chi connectivity index (χ4v) is 4.68. The van der Waals surface area contributed by atoms with Crippen molar-refractivity contribution in [1.82, 2.24) is 15.1 Å². The number of urea groups is 1. The van der Waals surface area contributed by atoms with Gasteiger partial charge in [-0.1, -0.05) is 25.4 Å². The summed E-state index contributed by atoms with van der Waals surface area (Å²) in [5.74, 6) is -0.120. The van der Waals surface area contributed by atoms with Gasteiger partial charge in [-0.2, -0.15) is 5.10 Å². The third-order valence-corrected chi connectivity index (χ3v) is 6.70. The topological polar surface area (TPSA) is 81.3 Å². The minimum absolute atomic E-state index is 0.196. The van der Waals surface area contributed by atoms with Crippen LogP contribution in [-0.4, -0.2) is 39.3 Å². The van der Waals surface area contributed by atoms with E-state index in [2.05, 4.69) is 29.4 Å². The van der Waals surface area contributed by atoms with Crippen molar-refractivity contribution in [2.45, 2.75) is 32.8 Å². The lowest BCUT2D eigenvalue weighted by Gasteiger charge is -2.43. The number of piperidine rings is 1. The molecule has 2 amide bonds. The van der Waals surface area contributed by atoms with Gasteiger partial charge in [0.05, 0.1) is 17.8 Å². The molecule has 1 aliphatic heterocycles. The van der Waals surface area contributed by atoms with E-state index in [1.165, 1.54) is 12.1 Å². The molecule has 1 aliphatic rings. The van der Waals surface area contributed by atoms with Crippen molar-refractivity contribution in [1.29, 1.82) is 0 Å². The number of H-pyrrole nitrogens is 1. The molecule has 3 aromatic rings. The van der Waals surface area contributed by atoms with E-state index in [4.69, 9.17) is 11.6 Å². The van der Waals surface area contributed by atoms with Crippen LogP contribution in [0, 0.1) is 17.2 Å². The van der Waals surface area contributed by atoms with Crippen LogP contribution in [0.15, 0.2) is 42.6 Å². The van der Waals surface area contributed by atoms with Crippen molar-refractivity contribution < 1.29 is 14.3 Å². The third kappa shape index (κ3) is 4.38. The molecule has 0 radical (unpaired) electrons. The number of rotatable bonds is 4. The highest BCUT2D eigenvalue weighted by molar-refractivity contribution is 6.31. The summed E-state index contributed by atoms with van der Waals surface area (Å²) in [4.78, 5) is 14.3. The highest BCUT2D eigenvalue weighted by Gasteiger charge is 2.40. The number of aromatic nitrogens is 2. The Kier molecular flexibility index (Phi) is 5.90. The molecule has 164 valence electrons. The van der Waals surface area contributed by atoms with Crippen LogP contribution in [0.25, 0.3) is 10.9 Å². The molecule has 4 rings (SSSR count). The van der Waals surface area contributed by atoms with Gasteiger partial charge >= 0.3 is 6.03 Å². The average molecular weight is 445 g/mol. The normalized spacial score (nSPS) is 16.5. The van der Waals surface area contributed by atoms with Crippen LogP contribution in [0.1, 0.15) is 38.4 Å². The Labute approximate surface area is 185 Å². The molecule has 3 N–H and O–H groups in total. The number of hydrogen-bond donors (Lipinski definition) is 3. The number of likely N-dealkylation sites (tertiary alicyclic amines) is 1. The number of fused-ring (bicyclic) bond motifs is 1. The van der Waals surface area contributed by atoms with Gasteiger partial charge in [0.2, 0.25) is 0 Å². The molecule has 0 spiro atoms. The third-order valence-electron chi connectivity index (χ3n) is 6.48. The first-order chi connectivity index (χ1) is 14.8. The van der Waals surface area contributed by atoms with Crippen LogP contribution in [0.2, 0.25) is 5.02 Å². The summed E-state index contributed by atoms with van der Waals surface area (Å²) in [6, 6.07) is 9.13. The number of benzene rings is 2. The van der Waals surface area contributed by atoms with E-state index in [9.17, 15) is 14.3 Å². The molecule has 0 aliphatic carbocycles. The number of anilines is 1. The molecular formula is C23H26ClFN4O2. The zero-order chi connectivity index (χ0) is 22.2. The number of nitrogens with zero attached hydrogens (tertiary/aromatic N) is 2. The van der Waals surface area contributed by atoms with Crippen molar-refractivity contribution in [2.75, 3.05) is 18.4 Å². The van der Waals surface area contributed by atoms with Gasteiger partial charge in [0.15, 0.2) is 0 Å². The summed E-state index contributed by atoms with van der Waals surface area (Å²) in [5, 5.41) is 22.5. The van der Waals surface area contributed by atoms with Crippen molar-refractivity contribution in [3.63, 3.8) is 0 Å². The first-order valence-corrected chi connectivity index (χ1v) is 10.8. The number of aromatic amines is 1. The fourth-order valence-electron chi connectivity index (χ4n) is 4.45. The molecule has 0 bridgehead atoms. The Morgan fingerprint density at radius 2 is 1.97 bits per heavy atom. The summed E-state index contributed by atoms with van der Waals surface area (Å²) in [5.41, 5.74) is 1.70. The minimum Gasteiger partial charge on any atom is -0.388 e. The number of carbonyl (C=O) groups is 1. The molecule has 1 aromatic heterocycles. The molecule has 8 heteroatoms. The lowest BCUT2D eigenvalue weighted by molar-refractivity contribution is -0.0137. The molecule has 1 atom stereocenters. The van der Waals surface area contributed by atoms with E-state index in [0.29, 0.717) is 23.8 Å². The maximum Gasteiger partial charge on any atom is 0.321 e. The summed E-state index contributed by atoms with van der Waals surface area (Å²) in [7, 11) is 0. The quantitative estimate of drug-likeness (QED) is 0.506. The summed E-state index contributed by atoms with van der Waals surface area (Å²) in [6.45, 7) is 5.29. The first kappa shape index (κ1) is 21.6. The molecule has 1 unspecified atom stereocenters. The van der Waals surface area contributed by atoms with Crippen molar-refractivity contribution in [2.24, 2.45) is 11.3 Å². The number of aliphatic hydroxyl groups is 1. The first-order valence-electron chi connectivity index (χ1n) is 10.4. The van der Waals surface area contributed by atoms with Crippen molar-refractivity contribution in [3.05, 3.63) is 59.0 Å². The number of aliphatic hydroxyl groups excluding tert-OH is 1. The Bertz CT molecular complexity index is 1070. The lowest BCUT2D eigenvalue weighted by Crippen LogP contribution is -2.45. The fraction of sp³-hybridized carbons (Fsp3) is 0.391. The van der Waals surface area contributed by atoms with E-state index in [1.54, 1.807) is 35.4 Å². The predicted molar refractivity (Wildman–Crippen MR) is 120 cm³/mol. The van der Waals surface area contributed by atoms with Gasteiger partial charge in [0.25, 0.3) is 0 Å². The second-order valence-electron chi connectivity index (χ2n) is 8.75. The zero-order valence-electron chi connectivity index (χ0n) is 17.5. The number of carbonyl (C=O) groups excluding carboxylic acids is 1. The molecule has 1 saturated heterocycles.